The number of rotatable bonds is 6. The maximum atomic E-state index is 11.1. The second-order valence-electron chi connectivity index (χ2n) is 7.96. The fraction of sp³-hybridized carbons (Fsp3) is 0.833. The molecule has 0 saturated heterocycles. The van der Waals surface area contributed by atoms with Crippen LogP contribution in [0.15, 0.2) is 12.2 Å². The van der Waals surface area contributed by atoms with Crippen LogP contribution in [-0.2, 0) is 14.0 Å². The highest BCUT2D eigenvalue weighted by molar-refractivity contribution is 6.74. The third-order valence-electron chi connectivity index (χ3n) is 5.25. The lowest BCUT2D eigenvalue weighted by Crippen LogP contribution is -2.46. The molecule has 0 radical (unpaired) electrons. The van der Waals surface area contributed by atoms with Gasteiger partial charge in [0.1, 0.15) is 0 Å². The highest BCUT2D eigenvalue weighted by Gasteiger charge is 2.41. The summed E-state index contributed by atoms with van der Waals surface area (Å²) in [4.78, 5) is 11.1. The fourth-order valence-electron chi connectivity index (χ4n) is 2.77. The molecule has 2 atom stereocenters. The molecule has 0 unspecified atom stereocenters. The van der Waals surface area contributed by atoms with Crippen LogP contribution in [0.1, 0.15) is 59.3 Å². The van der Waals surface area contributed by atoms with Gasteiger partial charge >= 0.3 is 5.97 Å². The Kier molecular flexibility index (Phi) is 7.33. The molecular weight excluding hydrogens is 292 g/mol. The van der Waals surface area contributed by atoms with Gasteiger partial charge < -0.3 is 9.16 Å². The molecule has 1 rings (SSSR count). The molecule has 0 aromatic carbocycles. The van der Waals surface area contributed by atoms with Crippen molar-refractivity contribution in [2.24, 2.45) is 5.92 Å². The van der Waals surface area contributed by atoms with Gasteiger partial charge in [-0.25, -0.2) is 4.79 Å². The van der Waals surface area contributed by atoms with Crippen molar-refractivity contribution in [1.29, 1.82) is 0 Å². The molecule has 1 fully saturated rings. The maximum absolute atomic E-state index is 11.1. The van der Waals surface area contributed by atoms with Crippen molar-refractivity contribution in [2.45, 2.75) is 83.5 Å². The first-order chi connectivity index (χ1) is 10.2. The molecule has 0 amide bonds. The van der Waals surface area contributed by atoms with Crippen molar-refractivity contribution < 1.29 is 14.0 Å². The summed E-state index contributed by atoms with van der Waals surface area (Å²) in [6.45, 7) is 11.6. The van der Waals surface area contributed by atoms with E-state index in [-0.39, 0.29) is 11.0 Å². The van der Waals surface area contributed by atoms with Crippen LogP contribution in [0.2, 0.25) is 18.1 Å². The molecule has 0 aliphatic heterocycles. The number of ether oxygens (including phenoxy) is 1. The van der Waals surface area contributed by atoms with E-state index in [9.17, 15) is 4.79 Å². The van der Waals surface area contributed by atoms with Gasteiger partial charge in [0, 0.05) is 12.2 Å². The van der Waals surface area contributed by atoms with Crippen molar-refractivity contribution in [1.82, 2.24) is 0 Å². The van der Waals surface area contributed by atoms with Gasteiger partial charge in [0.2, 0.25) is 0 Å². The lowest BCUT2D eigenvalue weighted by atomic mass is 9.83. The summed E-state index contributed by atoms with van der Waals surface area (Å²) in [6.07, 6.45) is 10.9. The topological polar surface area (TPSA) is 35.5 Å². The van der Waals surface area contributed by atoms with Gasteiger partial charge in [0.05, 0.1) is 7.11 Å². The monoisotopic (exact) mass is 326 g/mol. The van der Waals surface area contributed by atoms with Gasteiger partial charge in [-0.2, -0.15) is 0 Å². The quantitative estimate of drug-likeness (QED) is 0.388. The number of carbonyl (C=O) groups is 1. The molecule has 0 bridgehead atoms. The molecular formula is C18H34O3Si. The van der Waals surface area contributed by atoms with Gasteiger partial charge in [0.25, 0.3) is 0 Å². The lowest BCUT2D eigenvalue weighted by molar-refractivity contribution is -0.134. The number of hydrogen-bond acceptors (Lipinski definition) is 3. The number of carbonyl (C=O) groups excluding carboxylic acids is 1. The Morgan fingerprint density at radius 2 is 1.86 bits per heavy atom. The molecule has 128 valence electrons. The van der Waals surface area contributed by atoms with E-state index in [1.54, 1.807) is 0 Å². The predicted molar refractivity (Wildman–Crippen MR) is 94.4 cm³/mol. The van der Waals surface area contributed by atoms with Gasteiger partial charge in [-0.3, -0.25) is 0 Å². The highest BCUT2D eigenvalue weighted by atomic mass is 28.4. The summed E-state index contributed by atoms with van der Waals surface area (Å²) >= 11 is 0. The lowest BCUT2D eigenvalue weighted by Gasteiger charge is -2.43. The number of esters is 1. The Morgan fingerprint density at radius 1 is 1.23 bits per heavy atom. The Bertz CT molecular complexity index is 382. The first-order valence-electron chi connectivity index (χ1n) is 8.59. The van der Waals surface area contributed by atoms with Crippen molar-refractivity contribution in [3.8, 4) is 0 Å². The standard InChI is InChI=1S/C18H34O3Si/c1-18(2,3)22(5,6)21-16-13-9-7-11-15(16)12-8-10-14-17(19)20-4/h10,14-16H,7-9,11-13H2,1-6H3/b14-10+/t15-,16+/m1/s1. The van der Waals surface area contributed by atoms with Crippen LogP contribution in [0, 0.1) is 5.92 Å². The first-order valence-corrected chi connectivity index (χ1v) is 11.5. The van der Waals surface area contributed by atoms with Gasteiger partial charge in [-0.05, 0) is 49.7 Å². The van der Waals surface area contributed by atoms with Crippen LogP contribution in [0.4, 0.5) is 0 Å². The summed E-state index contributed by atoms with van der Waals surface area (Å²) in [6, 6.07) is 0. The van der Waals surface area contributed by atoms with Gasteiger partial charge in [-0.1, -0.05) is 39.7 Å². The summed E-state index contributed by atoms with van der Waals surface area (Å²) in [5, 5.41) is 0.264. The molecule has 0 heterocycles. The van der Waals surface area contributed by atoms with E-state index in [1.807, 2.05) is 6.08 Å². The Labute approximate surface area is 137 Å². The van der Waals surface area contributed by atoms with Crippen LogP contribution in [0.25, 0.3) is 0 Å². The van der Waals surface area contributed by atoms with E-state index in [4.69, 9.17) is 4.43 Å². The normalized spacial score (nSPS) is 23.7. The van der Waals surface area contributed by atoms with Crippen molar-refractivity contribution in [3.63, 3.8) is 0 Å². The van der Waals surface area contributed by atoms with Crippen LogP contribution in [0.3, 0.4) is 0 Å². The fourth-order valence-corrected chi connectivity index (χ4v) is 4.19. The molecule has 0 spiro atoms. The predicted octanol–water partition coefficient (Wildman–Crippen LogP) is 5.08. The molecule has 0 aromatic rings. The molecule has 0 aromatic heterocycles. The van der Waals surface area contributed by atoms with E-state index in [0.717, 1.165) is 12.8 Å². The smallest absolute Gasteiger partial charge is 0.330 e. The summed E-state index contributed by atoms with van der Waals surface area (Å²) in [5.41, 5.74) is 0. The van der Waals surface area contributed by atoms with E-state index in [2.05, 4.69) is 38.6 Å². The van der Waals surface area contributed by atoms with Gasteiger partial charge in [0.15, 0.2) is 8.32 Å². The molecule has 0 N–H and O–H groups in total. The second-order valence-corrected chi connectivity index (χ2v) is 12.7. The Balaban J connectivity index is 2.57. The zero-order valence-electron chi connectivity index (χ0n) is 15.3. The van der Waals surface area contributed by atoms with E-state index >= 15 is 0 Å². The number of hydrogen-bond donors (Lipinski definition) is 0. The molecule has 1 saturated carbocycles. The third kappa shape index (κ3) is 5.88. The Hall–Kier alpha value is -0.613. The minimum Gasteiger partial charge on any atom is -0.466 e. The van der Waals surface area contributed by atoms with Crippen LogP contribution < -0.4 is 0 Å². The van der Waals surface area contributed by atoms with Gasteiger partial charge in [-0.15, -0.1) is 0 Å². The number of allylic oxidation sites excluding steroid dienone is 1. The summed E-state index contributed by atoms with van der Waals surface area (Å²) in [7, 11) is -0.284. The molecule has 3 nitrogen and oxygen atoms in total. The van der Waals surface area contributed by atoms with Crippen LogP contribution in [-0.4, -0.2) is 27.5 Å². The largest absolute Gasteiger partial charge is 0.466 e. The SMILES string of the molecule is COC(=O)/C=C/CC[C@H]1CCCC[C@@H]1O[Si](C)(C)C(C)(C)C. The molecule has 22 heavy (non-hydrogen) atoms. The van der Waals surface area contributed by atoms with Crippen molar-refractivity contribution in [2.75, 3.05) is 7.11 Å². The molecule has 1 aliphatic carbocycles. The summed E-state index contributed by atoms with van der Waals surface area (Å²) < 4.78 is 11.3. The van der Waals surface area contributed by atoms with Crippen LogP contribution in [0.5, 0.6) is 0 Å². The number of methoxy groups -OCH3 is 1. The molecule has 1 aliphatic rings. The van der Waals surface area contributed by atoms with E-state index in [0.29, 0.717) is 12.0 Å². The molecule has 4 heteroatoms. The average molecular weight is 327 g/mol. The third-order valence-corrected chi connectivity index (χ3v) is 9.76. The zero-order valence-corrected chi connectivity index (χ0v) is 16.3. The van der Waals surface area contributed by atoms with Crippen LogP contribution >= 0.6 is 0 Å². The van der Waals surface area contributed by atoms with E-state index < -0.39 is 8.32 Å². The van der Waals surface area contributed by atoms with E-state index in [1.165, 1.54) is 38.9 Å². The van der Waals surface area contributed by atoms with Crippen molar-refractivity contribution >= 4 is 14.3 Å². The summed E-state index contributed by atoms with van der Waals surface area (Å²) in [5.74, 6) is 0.364. The first kappa shape index (κ1) is 19.4. The second kappa shape index (κ2) is 8.30. The average Bonchev–Trinajstić information content (AvgIpc) is 2.43. The van der Waals surface area contributed by atoms with Crippen molar-refractivity contribution in [3.05, 3.63) is 12.2 Å². The minimum absolute atomic E-state index is 0.264. The Morgan fingerprint density at radius 3 is 2.45 bits per heavy atom. The maximum Gasteiger partial charge on any atom is 0.330 e. The minimum atomic E-state index is -1.70. The zero-order chi connectivity index (χ0) is 16.8. The highest BCUT2D eigenvalue weighted by Crippen LogP contribution is 2.41.